The van der Waals surface area contributed by atoms with E-state index < -0.39 is 0 Å². The molecule has 1 aromatic carbocycles. The van der Waals surface area contributed by atoms with Crippen LogP contribution in [0.3, 0.4) is 0 Å². The third-order valence-corrected chi connectivity index (χ3v) is 2.91. The predicted molar refractivity (Wildman–Crippen MR) is 71.7 cm³/mol. The Balaban J connectivity index is 2.60. The van der Waals surface area contributed by atoms with Crippen molar-refractivity contribution in [2.75, 3.05) is 5.73 Å². The van der Waals surface area contributed by atoms with Crippen LogP contribution in [-0.4, -0.2) is 9.55 Å². The average Bonchev–Trinajstić information content (AvgIpc) is 2.55. The molecule has 0 atom stereocenters. The Labute approximate surface area is 106 Å². The number of benzene rings is 1. The van der Waals surface area contributed by atoms with Crippen LogP contribution in [0.25, 0.3) is 11.3 Å². The van der Waals surface area contributed by atoms with Crippen molar-refractivity contribution in [3.63, 3.8) is 0 Å². The van der Waals surface area contributed by atoms with Gasteiger partial charge in [0, 0.05) is 18.0 Å². The molecule has 3 nitrogen and oxygen atoms in total. The van der Waals surface area contributed by atoms with Gasteiger partial charge < -0.3 is 10.3 Å². The third kappa shape index (κ3) is 2.10. The van der Waals surface area contributed by atoms with Gasteiger partial charge in [-0.25, -0.2) is 9.37 Å². The first-order valence-electron chi connectivity index (χ1n) is 5.89. The summed E-state index contributed by atoms with van der Waals surface area (Å²) in [6.45, 7) is 6.22. The Morgan fingerprint density at radius 1 is 1.28 bits per heavy atom. The quantitative estimate of drug-likeness (QED) is 0.841. The van der Waals surface area contributed by atoms with Crippen LogP contribution in [0.15, 0.2) is 24.3 Å². The molecule has 0 fully saturated rings. The minimum atomic E-state index is -0.283. The Kier molecular flexibility index (Phi) is 2.89. The lowest BCUT2D eigenvalue weighted by Gasteiger charge is -2.17. The fraction of sp³-hybridized carbons (Fsp3) is 0.357. The summed E-state index contributed by atoms with van der Waals surface area (Å²) in [6.07, 6.45) is 0. The molecule has 0 saturated carbocycles. The topological polar surface area (TPSA) is 43.8 Å². The van der Waals surface area contributed by atoms with Crippen molar-refractivity contribution in [1.82, 2.24) is 9.55 Å². The number of hydrogen-bond acceptors (Lipinski definition) is 2. The fourth-order valence-corrected chi connectivity index (χ4v) is 2.03. The standard InChI is InChI=1S/C14H18FN3/c1-14(2,3)13-17-11(12(16)18(13)4)9-6-5-7-10(15)8-9/h5-8H,16H2,1-4H3. The Morgan fingerprint density at radius 3 is 2.44 bits per heavy atom. The first-order valence-corrected chi connectivity index (χ1v) is 5.89. The van der Waals surface area contributed by atoms with Crippen LogP contribution in [0.4, 0.5) is 10.2 Å². The van der Waals surface area contributed by atoms with Crippen LogP contribution < -0.4 is 5.73 Å². The molecule has 0 aliphatic rings. The molecule has 4 heteroatoms. The van der Waals surface area contributed by atoms with Crippen molar-refractivity contribution in [3.8, 4) is 11.3 Å². The van der Waals surface area contributed by atoms with Gasteiger partial charge in [0.2, 0.25) is 0 Å². The van der Waals surface area contributed by atoms with Gasteiger partial charge in [0.1, 0.15) is 23.2 Å². The maximum Gasteiger partial charge on any atom is 0.131 e. The third-order valence-electron chi connectivity index (χ3n) is 2.91. The monoisotopic (exact) mass is 247 g/mol. The molecule has 96 valence electrons. The van der Waals surface area contributed by atoms with Gasteiger partial charge in [-0.1, -0.05) is 32.9 Å². The van der Waals surface area contributed by atoms with E-state index in [1.54, 1.807) is 6.07 Å². The van der Waals surface area contributed by atoms with Gasteiger partial charge in [-0.05, 0) is 12.1 Å². The number of hydrogen-bond donors (Lipinski definition) is 1. The van der Waals surface area contributed by atoms with E-state index in [-0.39, 0.29) is 11.2 Å². The zero-order valence-electron chi connectivity index (χ0n) is 11.2. The van der Waals surface area contributed by atoms with E-state index in [2.05, 4.69) is 25.8 Å². The van der Waals surface area contributed by atoms with Crippen LogP contribution in [0.1, 0.15) is 26.6 Å². The molecular weight excluding hydrogens is 229 g/mol. The maximum atomic E-state index is 13.3. The van der Waals surface area contributed by atoms with Gasteiger partial charge in [-0.15, -0.1) is 0 Å². The molecule has 0 saturated heterocycles. The number of imidazole rings is 1. The molecule has 2 rings (SSSR count). The number of nitrogens with two attached hydrogens (primary N) is 1. The van der Waals surface area contributed by atoms with E-state index in [1.807, 2.05) is 17.7 Å². The molecule has 0 amide bonds. The SMILES string of the molecule is Cn1c(C(C)(C)C)nc(-c2cccc(F)c2)c1N. The molecular formula is C14H18FN3. The highest BCUT2D eigenvalue weighted by atomic mass is 19.1. The molecule has 2 N–H and O–H groups in total. The Morgan fingerprint density at radius 2 is 1.94 bits per heavy atom. The molecule has 0 radical (unpaired) electrons. The number of aromatic nitrogens is 2. The van der Waals surface area contributed by atoms with Crippen LogP contribution in [0.5, 0.6) is 0 Å². The molecule has 0 spiro atoms. The number of nitrogen functional groups attached to an aromatic ring is 1. The predicted octanol–water partition coefficient (Wildman–Crippen LogP) is 3.11. The van der Waals surface area contributed by atoms with Gasteiger partial charge in [0.15, 0.2) is 0 Å². The molecule has 0 aliphatic heterocycles. The number of nitrogens with zero attached hydrogens (tertiary/aromatic N) is 2. The summed E-state index contributed by atoms with van der Waals surface area (Å²) in [4.78, 5) is 4.56. The van der Waals surface area contributed by atoms with Crippen molar-refractivity contribution in [2.45, 2.75) is 26.2 Å². The second-order valence-corrected chi connectivity index (χ2v) is 5.49. The lowest BCUT2D eigenvalue weighted by atomic mass is 9.96. The molecule has 1 heterocycles. The highest BCUT2D eigenvalue weighted by Gasteiger charge is 2.23. The lowest BCUT2D eigenvalue weighted by Crippen LogP contribution is -2.17. The van der Waals surface area contributed by atoms with E-state index in [0.29, 0.717) is 17.1 Å². The summed E-state index contributed by atoms with van der Waals surface area (Å²) < 4.78 is 15.1. The van der Waals surface area contributed by atoms with Gasteiger partial charge in [0.25, 0.3) is 0 Å². The van der Waals surface area contributed by atoms with Crippen LogP contribution >= 0.6 is 0 Å². The summed E-state index contributed by atoms with van der Waals surface area (Å²) in [5, 5.41) is 0. The normalized spacial score (nSPS) is 11.8. The number of rotatable bonds is 1. The molecule has 0 unspecified atom stereocenters. The summed E-state index contributed by atoms with van der Waals surface area (Å²) in [6, 6.07) is 6.34. The first-order chi connectivity index (χ1) is 8.30. The largest absolute Gasteiger partial charge is 0.383 e. The second kappa shape index (κ2) is 4.12. The first kappa shape index (κ1) is 12.6. The number of anilines is 1. The Bertz CT molecular complexity index is 579. The summed E-state index contributed by atoms with van der Waals surface area (Å²) >= 11 is 0. The van der Waals surface area contributed by atoms with Crippen molar-refractivity contribution < 1.29 is 4.39 Å². The molecule has 1 aromatic heterocycles. The zero-order chi connectivity index (χ0) is 13.5. The van der Waals surface area contributed by atoms with Crippen molar-refractivity contribution in [1.29, 1.82) is 0 Å². The van der Waals surface area contributed by atoms with E-state index in [4.69, 9.17) is 5.73 Å². The zero-order valence-corrected chi connectivity index (χ0v) is 11.2. The second-order valence-electron chi connectivity index (χ2n) is 5.49. The highest BCUT2D eigenvalue weighted by Crippen LogP contribution is 2.31. The fourth-order valence-electron chi connectivity index (χ4n) is 2.03. The van der Waals surface area contributed by atoms with Gasteiger partial charge in [-0.3, -0.25) is 0 Å². The van der Waals surface area contributed by atoms with Gasteiger partial charge in [-0.2, -0.15) is 0 Å². The van der Waals surface area contributed by atoms with Crippen molar-refractivity contribution >= 4 is 5.82 Å². The van der Waals surface area contributed by atoms with Gasteiger partial charge in [0.05, 0.1) is 0 Å². The molecule has 0 aliphatic carbocycles. The van der Waals surface area contributed by atoms with Gasteiger partial charge >= 0.3 is 0 Å². The maximum absolute atomic E-state index is 13.3. The van der Waals surface area contributed by atoms with Crippen molar-refractivity contribution in [3.05, 3.63) is 35.9 Å². The van der Waals surface area contributed by atoms with Crippen molar-refractivity contribution in [2.24, 2.45) is 7.05 Å². The average molecular weight is 247 g/mol. The van der Waals surface area contributed by atoms with Crippen LogP contribution in [0, 0.1) is 5.82 Å². The summed E-state index contributed by atoms with van der Waals surface area (Å²) in [5.74, 6) is 1.17. The molecule has 18 heavy (non-hydrogen) atoms. The lowest BCUT2D eigenvalue weighted by molar-refractivity contribution is 0.524. The van der Waals surface area contributed by atoms with Crippen LogP contribution in [0.2, 0.25) is 0 Å². The van der Waals surface area contributed by atoms with E-state index in [9.17, 15) is 4.39 Å². The van der Waals surface area contributed by atoms with E-state index >= 15 is 0 Å². The minimum Gasteiger partial charge on any atom is -0.383 e. The number of halogens is 1. The molecule has 0 bridgehead atoms. The Hall–Kier alpha value is -1.84. The van der Waals surface area contributed by atoms with E-state index in [1.165, 1.54) is 12.1 Å². The smallest absolute Gasteiger partial charge is 0.131 e. The van der Waals surface area contributed by atoms with Crippen LogP contribution in [-0.2, 0) is 12.5 Å². The highest BCUT2D eigenvalue weighted by molar-refractivity contribution is 5.71. The summed E-state index contributed by atoms with van der Waals surface area (Å²) in [5.41, 5.74) is 7.31. The summed E-state index contributed by atoms with van der Waals surface area (Å²) in [7, 11) is 1.88. The minimum absolute atomic E-state index is 0.103. The van der Waals surface area contributed by atoms with E-state index in [0.717, 1.165) is 5.82 Å². The molecule has 2 aromatic rings.